The van der Waals surface area contributed by atoms with E-state index in [9.17, 15) is 9.90 Å². The van der Waals surface area contributed by atoms with Gasteiger partial charge in [0.25, 0.3) is 0 Å². The molecule has 2 rings (SSSR count). The summed E-state index contributed by atoms with van der Waals surface area (Å²) in [5.74, 6) is -1.07. The summed E-state index contributed by atoms with van der Waals surface area (Å²) in [4.78, 5) is 13.3. The SMILES string of the molecule is C[C@H]1C[C@H](C(=O)O)c2ccccc2N1C. The third-order valence-corrected chi connectivity index (χ3v) is 3.23. The van der Waals surface area contributed by atoms with Gasteiger partial charge in [0, 0.05) is 18.8 Å². The van der Waals surface area contributed by atoms with Crippen molar-refractivity contribution >= 4 is 11.7 Å². The van der Waals surface area contributed by atoms with Gasteiger partial charge < -0.3 is 10.0 Å². The molecule has 0 fully saturated rings. The van der Waals surface area contributed by atoms with Crippen molar-refractivity contribution in [1.82, 2.24) is 0 Å². The van der Waals surface area contributed by atoms with E-state index in [1.807, 2.05) is 31.3 Å². The topological polar surface area (TPSA) is 40.5 Å². The molecule has 2 atom stereocenters. The molecule has 1 aromatic rings. The molecule has 3 nitrogen and oxygen atoms in total. The van der Waals surface area contributed by atoms with Crippen LogP contribution in [0.15, 0.2) is 24.3 Å². The minimum atomic E-state index is -0.720. The third-order valence-electron chi connectivity index (χ3n) is 3.23. The summed E-state index contributed by atoms with van der Waals surface area (Å²) in [5.41, 5.74) is 1.98. The second-order valence-corrected chi connectivity index (χ2v) is 4.15. The van der Waals surface area contributed by atoms with E-state index in [2.05, 4.69) is 11.8 Å². The highest BCUT2D eigenvalue weighted by Crippen LogP contribution is 2.37. The largest absolute Gasteiger partial charge is 0.481 e. The van der Waals surface area contributed by atoms with E-state index in [0.717, 1.165) is 11.3 Å². The number of hydrogen-bond donors (Lipinski definition) is 1. The Hall–Kier alpha value is -1.51. The standard InChI is InChI=1S/C12H15NO2/c1-8-7-10(12(14)15)9-5-3-4-6-11(9)13(8)2/h3-6,8,10H,7H2,1-2H3,(H,14,15)/t8-,10-/m0/s1. The molecule has 1 aliphatic rings. The third kappa shape index (κ3) is 1.58. The number of fused-ring (bicyclic) bond motifs is 1. The molecule has 1 aliphatic heterocycles. The number of carboxylic acids is 1. The summed E-state index contributed by atoms with van der Waals surface area (Å²) < 4.78 is 0. The molecule has 80 valence electrons. The lowest BCUT2D eigenvalue weighted by molar-refractivity contribution is -0.139. The maximum absolute atomic E-state index is 11.2. The highest BCUT2D eigenvalue weighted by atomic mass is 16.4. The van der Waals surface area contributed by atoms with Crippen LogP contribution in [0.25, 0.3) is 0 Å². The lowest BCUT2D eigenvalue weighted by Crippen LogP contribution is -2.37. The number of carbonyl (C=O) groups is 1. The van der Waals surface area contributed by atoms with E-state index in [4.69, 9.17) is 0 Å². The molecule has 1 aromatic carbocycles. The predicted octanol–water partition coefficient (Wildman–Crippen LogP) is 2.08. The summed E-state index contributed by atoms with van der Waals surface area (Å²) in [5, 5.41) is 9.17. The fourth-order valence-corrected chi connectivity index (χ4v) is 2.20. The summed E-state index contributed by atoms with van der Waals surface area (Å²) in [7, 11) is 2.02. The monoisotopic (exact) mass is 205 g/mol. The molecule has 0 aliphatic carbocycles. The Morgan fingerprint density at radius 1 is 1.47 bits per heavy atom. The molecule has 0 saturated heterocycles. The first-order chi connectivity index (χ1) is 7.11. The zero-order chi connectivity index (χ0) is 11.0. The smallest absolute Gasteiger partial charge is 0.311 e. The maximum atomic E-state index is 11.2. The van der Waals surface area contributed by atoms with Gasteiger partial charge in [0.1, 0.15) is 0 Å². The number of benzene rings is 1. The Balaban J connectivity index is 2.49. The van der Waals surface area contributed by atoms with E-state index < -0.39 is 5.97 Å². The van der Waals surface area contributed by atoms with Gasteiger partial charge in [0.05, 0.1) is 5.92 Å². The van der Waals surface area contributed by atoms with Crippen molar-refractivity contribution < 1.29 is 9.90 Å². The van der Waals surface area contributed by atoms with Crippen molar-refractivity contribution in [2.45, 2.75) is 25.3 Å². The second-order valence-electron chi connectivity index (χ2n) is 4.15. The number of hydrogen-bond acceptors (Lipinski definition) is 2. The Morgan fingerprint density at radius 3 is 2.80 bits per heavy atom. The molecule has 0 aromatic heterocycles. The van der Waals surface area contributed by atoms with Gasteiger partial charge >= 0.3 is 5.97 Å². The first kappa shape index (κ1) is 10.0. The number of nitrogens with zero attached hydrogens (tertiary/aromatic N) is 1. The number of anilines is 1. The van der Waals surface area contributed by atoms with Crippen molar-refractivity contribution in [3.8, 4) is 0 Å². The fourth-order valence-electron chi connectivity index (χ4n) is 2.20. The summed E-state index contributed by atoms with van der Waals surface area (Å²) in [6, 6.07) is 8.03. The number of para-hydroxylation sites is 1. The van der Waals surface area contributed by atoms with E-state index in [0.29, 0.717) is 6.42 Å². The average molecular weight is 205 g/mol. The molecule has 0 spiro atoms. The Morgan fingerprint density at radius 2 is 2.13 bits per heavy atom. The number of aliphatic carboxylic acids is 1. The zero-order valence-electron chi connectivity index (χ0n) is 8.97. The van der Waals surface area contributed by atoms with Crippen LogP contribution in [0, 0.1) is 0 Å². The zero-order valence-corrected chi connectivity index (χ0v) is 8.97. The fraction of sp³-hybridized carbons (Fsp3) is 0.417. The van der Waals surface area contributed by atoms with Crippen LogP contribution < -0.4 is 4.90 Å². The summed E-state index contributed by atoms with van der Waals surface area (Å²) in [6.07, 6.45) is 0.683. The molecule has 0 amide bonds. The Bertz CT molecular complexity index is 389. The van der Waals surface area contributed by atoms with Crippen LogP contribution in [0.4, 0.5) is 5.69 Å². The minimum absolute atomic E-state index is 0.279. The summed E-state index contributed by atoms with van der Waals surface area (Å²) >= 11 is 0. The van der Waals surface area contributed by atoms with Gasteiger partial charge in [-0.1, -0.05) is 18.2 Å². The van der Waals surface area contributed by atoms with Gasteiger partial charge in [0.2, 0.25) is 0 Å². The quantitative estimate of drug-likeness (QED) is 0.763. The summed E-state index contributed by atoms with van der Waals surface area (Å²) in [6.45, 7) is 2.06. The van der Waals surface area contributed by atoms with E-state index in [1.165, 1.54) is 0 Å². The highest BCUT2D eigenvalue weighted by molar-refractivity contribution is 5.80. The molecule has 15 heavy (non-hydrogen) atoms. The molecule has 3 heteroatoms. The van der Waals surface area contributed by atoms with E-state index >= 15 is 0 Å². The van der Waals surface area contributed by atoms with Gasteiger partial charge in [-0.15, -0.1) is 0 Å². The molecule has 0 saturated carbocycles. The van der Waals surface area contributed by atoms with Gasteiger partial charge in [-0.05, 0) is 25.0 Å². The molecule has 0 radical (unpaired) electrons. The Kier molecular flexibility index (Phi) is 2.39. The molecule has 1 heterocycles. The van der Waals surface area contributed by atoms with Crippen LogP contribution in [0.1, 0.15) is 24.8 Å². The minimum Gasteiger partial charge on any atom is -0.481 e. The molecule has 0 bridgehead atoms. The lowest BCUT2D eigenvalue weighted by Gasteiger charge is -2.36. The normalized spacial score (nSPS) is 24.8. The van der Waals surface area contributed by atoms with Crippen LogP contribution in [0.3, 0.4) is 0 Å². The van der Waals surface area contributed by atoms with Crippen LogP contribution in [-0.4, -0.2) is 24.2 Å². The second kappa shape index (κ2) is 3.57. The highest BCUT2D eigenvalue weighted by Gasteiger charge is 2.31. The van der Waals surface area contributed by atoms with Crippen molar-refractivity contribution in [2.24, 2.45) is 0 Å². The first-order valence-corrected chi connectivity index (χ1v) is 5.16. The molecule has 0 unspecified atom stereocenters. The Labute approximate surface area is 89.3 Å². The molecule has 1 N–H and O–H groups in total. The van der Waals surface area contributed by atoms with Crippen LogP contribution in [0.2, 0.25) is 0 Å². The van der Waals surface area contributed by atoms with E-state index in [-0.39, 0.29) is 12.0 Å². The van der Waals surface area contributed by atoms with Gasteiger partial charge in [0.15, 0.2) is 0 Å². The average Bonchev–Trinajstić information content (AvgIpc) is 2.23. The first-order valence-electron chi connectivity index (χ1n) is 5.16. The molecular weight excluding hydrogens is 190 g/mol. The van der Waals surface area contributed by atoms with Crippen molar-refractivity contribution in [2.75, 3.05) is 11.9 Å². The number of carboxylic acid groups (broad SMARTS) is 1. The number of rotatable bonds is 1. The van der Waals surface area contributed by atoms with Crippen molar-refractivity contribution in [3.05, 3.63) is 29.8 Å². The van der Waals surface area contributed by atoms with Crippen LogP contribution in [-0.2, 0) is 4.79 Å². The van der Waals surface area contributed by atoms with Gasteiger partial charge in [-0.25, -0.2) is 0 Å². The predicted molar refractivity (Wildman–Crippen MR) is 59.3 cm³/mol. The van der Waals surface area contributed by atoms with Gasteiger partial charge in [-0.2, -0.15) is 0 Å². The van der Waals surface area contributed by atoms with Gasteiger partial charge in [-0.3, -0.25) is 4.79 Å². The maximum Gasteiger partial charge on any atom is 0.311 e. The van der Waals surface area contributed by atoms with Crippen LogP contribution >= 0.6 is 0 Å². The lowest BCUT2D eigenvalue weighted by atomic mass is 9.86. The van der Waals surface area contributed by atoms with Crippen LogP contribution in [0.5, 0.6) is 0 Å². The molecular formula is C12H15NO2. The van der Waals surface area contributed by atoms with Crippen molar-refractivity contribution in [3.63, 3.8) is 0 Å². The van der Waals surface area contributed by atoms with Crippen molar-refractivity contribution in [1.29, 1.82) is 0 Å². The van der Waals surface area contributed by atoms with E-state index in [1.54, 1.807) is 0 Å².